The van der Waals surface area contributed by atoms with E-state index in [0.29, 0.717) is 17.7 Å². The molecule has 1 aromatic rings. The zero-order valence-corrected chi connectivity index (χ0v) is 10.4. The minimum Gasteiger partial charge on any atom is -0.310 e. The van der Waals surface area contributed by atoms with E-state index in [0.717, 1.165) is 4.47 Å². The van der Waals surface area contributed by atoms with E-state index < -0.39 is 0 Å². The maximum Gasteiger partial charge on any atom is 0.229 e. The molecule has 84 valence electrons. The topological polar surface area (TPSA) is 42.0 Å². The molecule has 1 N–H and O–H groups in total. The van der Waals surface area contributed by atoms with Crippen molar-refractivity contribution in [1.29, 1.82) is 0 Å². The van der Waals surface area contributed by atoms with Crippen LogP contribution in [0.1, 0.15) is 19.3 Å². The first-order chi connectivity index (χ1) is 7.77. The van der Waals surface area contributed by atoms with Crippen LogP contribution in [0.3, 0.4) is 0 Å². The Kier molecular flexibility index (Phi) is 2.46. The van der Waals surface area contributed by atoms with Gasteiger partial charge >= 0.3 is 0 Å². The molecule has 2 aliphatic rings. The van der Waals surface area contributed by atoms with E-state index >= 15 is 0 Å². The van der Waals surface area contributed by atoms with Crippen molar-refractivity contribution in [3.63, 3.8) is 0 Å². The van der Waals surface area contributed by atoms with Crippen LogP contribution in [-0.2, 0) is 4.79 Å². The lowest BCUT2D eigenvalue weighted by molar-refractivity contribution is -0.118. The van der Waals surface area contributed by atoms with Crippen LogP contribution in [0.4, 0.5) is 5.82 Å². The highest BCUT2D eigenvalue weighted by Gasteiger charge is 2.56. The van der Waals surface area contributed by atoms with E-state index in [9.17, 15) is 4.79 Å². The normalized spacial score (nSPS) is 30.9. The predicted octanol–water partition coefficient (Wildman–Crippen LogP) is 2.83. The maximum atomic E-state index is 12.0. The third kappa shape index (κ3) is 1.65. The number of carbonyl (C=O) groups is 1. The predicted molar refractivity (Wildman–Crippen MR) is 64.9 cm³/mol. The van der Waals surface area contributed by atoms with Gasteiger partial charge in [-0.25, -0.2) is 4.98 Å². The molecule has 1 amide bonds. The average molecular weight is 281 g/mol. The number of nitrogens with zero attached hydrogens (tertiary/aromatic N) is 1. The van der Waals surface area contributed by atoms with Gasteiger partial charge in [0.05, 0.1) is 4.47 Å². The average Bonchev–Trinajstić information content (AvgIpc) is 2.76. The Labute approximate surface area is 103 Å². The van der Waals surface area contributed by atoms with E-state index in [-0.39, 0.29) is 11.8 Å². The van der Waals surface area contributed by atoms with Gasteiger partial charge in [-0.3, -0.25) is 4.79 Å². The summed E-state index contributed by atoms with van der Waals surface area (Å²) >= 11 is 3.38. The van der Waals surface area contributed by atoms with E-state index in [1.165, 1.54) is 19.3 Å². The van der Waals surface area contributed by atoms with E-state index in [2.05, 4.69) is 26.2 Å². The van der Waals surface area contributed by atoms with Crippen LogP contribution < -0.4 is 5.32 Å². The molecule has 4 heteroatoms. The molecule has 16 heavy (non-hydrogen) atoms. The Morgan fingerprint density at radius 3 is 2.88 bits per heavy atom. The highest BCUT2D eigenvalue weighted by Crippen LogP contribution is 2.57. The van der Waals surface area contributed by atoms with Gasteiger partial charge < -0.3 is 5.32 Å². The lowest BCUT2D eigenvalue weighted by Crippen LogP contribution is -2.17. The van der Waals surface area contributed by atoms with E-state index in [4.69, 9.17) is 0 Å². The first-order valence-corrected chi connectivity index (χ1v) is 6.48. The second-order valence-corrected chi connectivity index (χ2v) is 5.46. The van der Waals surface area contributed by atoms with Crippen LogP contribution in [0.5, 0.6) is 0 Å². The summed E-state index contributed by atoms with van der Waals surface area (Å²) in [6.45, 7) is 0. The largest absolute Gasteiger partial charge is 0.310 e. The lowest BCUT2D eigenvalue weighted by atomic mass is 10.1. The summed E-state index contributed by atoms with van der Waals surface area (Å²) in [4.78, 5) is 16.1. The van der Waals surface area contributed by atoms with Crippen molar-refractivity contribution in [1.82, 2.24) is 4.98 Å². The van der Waals surface area contributed by atoms with Crippen LogP contribution in [-0.4, -0.2) is 10.9 Å². The quantitative estimate of drug-likeness (QED) is 0.905. The second-order valence-electron chi connectivity index (χ2n) is 4.61. The van der Waals surface area contributed by atoms with Crippen molar-refractivity contribution in [2.75, 3.05) is 5.32 Å². The summed E-state index contributed by atoms with van der Waals surface area (Å²) in [5, 5.41) is 2.90. The number of rotatable bonds is 2. The number of hydrogen-bond donors (Lipinski definition) is 1. The number of anilines is 1. The van der Waals surface area contributed by atoms with Crippen LogP contribution in [0.2, 0.25) is 0 Å². The highest BCUT2D eigenvalue weighted by atomic mass is 79.9. The minimum atomic E-state index is 0.147. The van der Waals surface area contributed by atoms with Crippen molar-refractivity contribution in [2.24, 2.45) is 17.8 Å². The van der Waals surface area contributed by atoms with Crippen LogP contribution in [0, 0.1) is 17.8 Å². The molecule has 0 spiro atoms. The summed E-state index contributed by atoms with van der Waals surface area (Å²) in [7, 11) is 0. The van der Waals surface area contributed by atoms with Gasteiger partial charge in [-0.1, -0.05) is 6.42 Å². The second kappa shape index (κ2) is 3.84. The third-order valence-corrected chi connectivity index (χ3v) is 4.35. The maximum absolute atomic E-state index is 12.0. The number of fused-ring (bicyclic) bond motifs is 1. The standard InChI is InChI=1S/C12H13BrN2O/c13-9-5-2-6-14-11(9)15-12(16)10-7-3-1-4-8(7)10/h2,5-8,10H,1,3-4H2,(H,14,15,16). The highest BCUT2D eigenvalue weighted by molar-refractivity contribution is 9.10. The van der Waals surface area contributed by atoms with Crippen LogP contribution >= 0.6 is 15.9 Å². The molecule has 1 heterocycles. The Hall–Kier alpha value is -0.900. The minimum absolute atomic E-state index is 0.147. The molecular formula is C12H13BrN2O. The fraction of sp³-hybridized carbons (Fsp3) is 0.500. The van der Waals surface area contributed by atoms with Crippen molar-refractivity contribution in [3.05, 3.63) is 22.8 Å². The summed E-state index contributed by atoms with van der Waals surface area (Å²) < 4.78 is 0.842. The first kappa shape index (κ1) is 10.3. The van der Waals surface area contributed by atoms with Gasteiger partial charge in [0.1, 0.15) is 5.82 Å². The number of nitrogens with one attached hydrogen (secondary N) is 1. The van der Waals surface area contributed by atoms with Gasteiger partial charge in [0.25, 0.3) is 0 Å². The number of hydrogen-bond acceptors (Lipinski definition) is 2. The fourth-order valence-corrected chi connectivity index (χ4v) is 3.24. The van der Waals surface area contributed by atoms with Crippen molar-refractivity contribution in [2.45, 2.75) is 19.3 Å². The number of amides is 1. The molecule has 2 atom stereocenters. The van der Waals surface area contributed by atoms with Crippen LogP contribution in [0.15, 0.2) is 22.8 Å². The van der Waals surface area contributed by atoms with E-state index in [1.807, 2.05) is 12.1 Å². The molecule has 3 nitrogen and oxygen atoms in total. The monoisotopic (exact) mass is 280 g/mol. The van der Waals surface area contributed by atoms with Crippen molar-refractivity contribution >= 4 is 27.7 Å². The van der Waals surface area contributed by atoms with Gasteiger partial charge in [0, 0.05) is 12.1 Å². The van der Waals surface area contributed by atoms with Gasteiger partial charge in [-0.15, -0.1) is 0 Å². The summed E-state index contributed by atoms with van der Waals surface area (Å²) in [5.74, 6) is 2.35. The van der Waals surface area contributed by atoms with Gasteiger partial charge in [0.2, 0.25) is 5.91 Å². The SMILES string of the molecule is O=C(Nc1ncccc1Br)C1C2CCCC21. The van der Waals surface area contributed by atoms with Gasteiger partial charge in [0.15, 0.2) is 0 Å². The third-order valence-electron chi connectivity index (χ3n) is 3.71. The Balaban J connectivity index is 1.68. The number of halogens is 1. The number of carbonyl (C=O) groups excluding carboxylic acids is 1. The fourth-order valence-electron chi connectivity index (χ4n) is 2.89. The zero-order chi connectivity index (χ0) is 11.1. The van der Waals surface area contributed by atoms with Gasteiger partial charge in [-0.2, -0.15) is 0 Å². The molecule has 2 unspecified atom stereocenters. The molecule has 0 aliphatic heterocycles. The Morgan fingerprint density at radius 2 is 2.19 bits per heavy atom. The molecule has 0 bridgehead atoms. The van der Waals surface area contributed by atoms with E-state index in [1.54, 1.807) is 6.20 Å². The molecule has 0 aromatic carbocycles. The molecule has 2 fully saturated rings. The molecule has 0 saturated heterocycles. The van der Waals surface area contributed by atoms with Gasteiger partial charge in [-0.05, 0) is 52.7 Å². The number of pyridine rings is 1. The smallest absolute Gasteiger partial charge is 0.229 e. The number of aromatic nitrogens is 1. The first-order valence-electron chi connectivity index (χ1n) is 5.69. The summed E-state index contributed by atoms with van der Waals surface area (Å²) in [6.07, 6.45) is 5.44. The summed E-state index contributed by atoms with van der Waals surface area (Å²) in [6, 6.07) is 3.72. The molecule has 1 aromatic heterocycles. The molecular weight excluding hydrogens is 268 g/mol. The Morgan fingerprint density at radius 1 is 1.44 bits per heavy atom. The lowest BCUT2D eigenvalue weighted by Gasteiger charge is -2.06. The Bertz CT molecular complexity index is 425. The molecule has 3 rings (SSSR count). The molecule has 2 saturated carbocycles. The zero-order valence-electron chi connectivity index (χ0n) is 8.82. The van der Waals surface area contributed by atoms with Crippen LogP contribution in [0.25, 0.3) is 0 Å². The van der Waals surface area contributed by atoms with Crippen molar-refractivity contribution in [3.8, 4) is 0 Å². The molecule has 0 radical (unpaired) electrons. The molecule has 2 aliphatic carbocycles. The summed E-state index contributed by atoms with van der Waals surface area (Å²) in [5.41, 5.74) is 0. The van der Waals surface area contributed by atoms with Crippen molar-refractivity contribution < 1.29 is 4.79 Å².